The number of hydrogen-bond acceptors (Lipinski definition) is 8. The van der Waals surface area contributed by atoms with E-state index in [9.17, 15) is 4.79 Å². The highest BCUT2D eigenvalue weighted by Gasteiger charge is 2.11. The zero-order valence-electron chi connectivity index (χ0n) is 13.2. The summed E-state index contributed by atoms with van der Waals surface area (Å²) in [6, 6.07) is 7.29. The van der Waals surface area contributed by atoms with Crippen molar-refractivity contribution in [1.82, 2.24) is 15.2 Å². The van der Waals surface area contributed by atoms with Crippen molar-refractivity contribution in [3.8, 4) is 0 Å². The molecule has 0 saturated heterocycles. The molecule has 124 valence electrons. The Bertz CT molecular complexity index is 844. The van der Waals surface area contributed by atoms with Crippen LogP contribution in [0.5, 0.6) is 0 Å². The van der Waals surface area contributed by atoms with Crippen LogP contribution in [0.3, 0.4) is 0 Å². The van der Waals surface area contributed by atoms with Crippen LogP contribution in [0.2, 0.25) is 0 Å². The van der Waals surface area contributed by atoms with E-state index >= 15 is 0 Å². The van der Waals surface area contributed by atoms with Crippen molar-refractivity contribution >= 4 is 29.1 Å². The van der Waals surface area contributed by atoms with E-state index in [-0.39, 0.29) is 5.97 Å². The zero-order valence-corrected chi connectivity index (χ0v) is 14.8. The molecule has 0 atom stereocenters. The van der Waals surface area contributed by atoms with Gasteiger partial charge in [0.2, 0.25) is 5.89 Å². The summed E-state index contributed by atoms with van der Waals surface area (Å²) in [6.07, 6.45) is 0.537. The van der Waals surface area contributed by atoms with Gasteiger partial charge in [0.25, 0.3) is 5.22 Å². The minimum absolute atomic E-state index is 0.347. The maximum absolute atomic E-state index is 11.5. The first-order valence-corrected chi connectivity index (χ1v) is 9.04. The van der Waals surface area contributed by atoms with Gasteiger partial charge in [-0.3, -0.25) is 0 Å². The number of rotatable bonds is 6. The van der Waals surface area contributed by atoms with Crippen LogP contribution >= 0.6 is 23.1 Å². The molecule has 3 rings (SSSR count). The Morgan fingerprint density at radius 1 is 1.38 bits per heavy atom. The van der Waals surface area contributed by atoms with E-state index in [4.69, 9.17) is 9.15 Å². The molecule has 24 heavy (non-hydrogen) atoms. The second-order valence-corrected chi connectivity index (χ2v) is 6.97. The largest absolute Gasteiger partial charge is 0.465 e. The highest BCUT2D eigenvalue weighted by molar-refractivity contribution is 7.98. The number of methoxy groups -OCH3 is 1. The van der Waals surface area contributed by atoms with E-state index in [1.165, 1.54) is 18.9 Å². The lowest BCUT2D eigenvalue weighted by molar-refractivity contribution is 0.0600. The Kier molecular flexibility index (Phi) is 5.27. The lowest BCUT2D eigenvalue weighted by atomic mass is 10.1. The molecule has 0 amide bonds. The fraction of sp³-hybridized carbons (Fsp3) is 0.250. The fourth-order valence-corrected chi connectivity index (χ4v) is 3.40. The van der Waals surface area contributed by atoms with Crippen molar-refractivity contribution in [2.75, 3.05) is 7.11 Å². The zero-order chi connectivity index (χ0) is 16.9. The first-order chi connectivity index (χ1) is 11.6. The van der Waals surface area contributed by atoms with E-state index in [2.05, 4.69) is 15.2 Å². The number of carbonyl (C=O) groups excluding carboxylic acids is 1. The molecule has 1 aromatic carbocycles. The molecule has 2 heterocycles. The van der Waals surface area contributed by atoms with E-state index in [1.54, 1.807) is 23.5 Å². The van der Waals surface area contributed by atoms with Crippen LogP contribution in [0, 0.1) is 6.92 Å². The lowest BCUT2D eigenvalue weighted by Gasteiger charge is -2.02. The number of thioether (sulfide) groups is 1. The van der Waals surface area contributed by atoms with Gasteiger partial charge in [-0.1, -0.05) is 23.9 Å². The average molecular weight is 361 g/mol. The minimum Gasteiger partial charge on any atom is -0.465 e. The molecule has 0 aliphatic heterocycles. The van der Waals surface area contributed by atoms with Gasteiger partial charge in [0, 0.05) is 11.1 Å². The smallest absolute Gasteiger partial charge is 0.337 e. The predicted molar refractivity (Wildman–Crippen MR) is 91.3 cm³/mol. The lowest BCUT2D eigenvalue weighted by Crippen LogP contribution is -2.01. The number of carbonyl (C=O) groups is 1. The third kappa shape index (κ3) is 4.21. The number of thiazole rings is 1. The van der Waals surface area contributed by atoms with Crippen LogP contribution in [-0.4, -0.2) is 28.3 Å². The molecule has 2 aromatic heterocycles. The highest BCUT2D eigenvalue weighted by Crippen LogP contribution is 2.23. The summed E-state index contributed by atoms with van der Waals surface area (Å²) in [6.45, 7) is 1.96. The SMILES string of the molecule is COC(=O)c1cccc(CSc2nnc(Cc3csc(C)n3)o2)c1. The number of esters is 1. The molecule has 0 aliphatic carbocycles. The van der Waals surface area contributed by atoms with E-state index in [0.717, 1.165) is 16.3 Å². The van der Waals surface area contributed by atoms with Gasteiger partial charge in [-0.25, -0.2) is 9.78 Å². The Balaban J connectivity index is 1.60. The Labute approximate surface area is 147 Å². The first-order valence-electron chi connectivity index (χ1n) is 7.17. The van der Waals surface area contributed by atoms with Crippen LogP contribution in [0.4, 0.5) is 0 Å². The molecular formula is C16H15N3O3S2. The fourth-order valence-electron chi connectivity index (χ4n) is 2.06. The van der Waals surface area contributed by atoms with Crippen molar-refractivity contribution in [3.63, 3.8) is 0 Å². The Morgan fingerprint density at radius 3 is 3.00 bits per heavy atom. The summed E-state index contributed by atoms with van der Waals surface area (Å²) in [5.41, 5.74) is 2.45. The monoisotopic (exact) mass is 361 g/mol. The third-order valence-corrected chi connectivity index (χ3v) is 4.87. The second-order valence-electron chi connectivity index (χ2n) is 4.98. The summed E-state index contributed by atoms with van der Waals surface area (Å²) in [5.74, 6) is 0.828. The van der Waals surface area contributed by atoms with Crippen molar-refractivity contribution in [2.24, 2.45) is 0 Å². The quantitative estimate of drug-likeness (QED) is 0.491. The molecule has 0 aliphatic rings. The van der Waals surface area contributed by atoms with Gasteiger partial charge in [-0.2, -0.15) is 0 Å². The van der Waals surface area contributed by atoms with Gasteiger partial charge in [-0.15, -0.1) is 21.5 Å². The van der Waals surface area contributed by atoms with Crippen LogP contribution in [0.1, 0.15) is 32.5 Å². The molecule has 0 bridgehead atoms. The van der Waals surface area contributed by atoms with E-state index in [1.807, 2.05) is 24.4 Å². The van der Waals surface area contributed by atoms with Gasteiger partial charge in [0.15, 0.2) is 0 Å². The van der Waals surface area contributed by atoms with Crippen LogP contribution < -0.4 is 0 Å². The van der Waals surface area contributed by atoms with Gasteiger partial charge in [0.1, 0.15) is 0 Å². The molecule has 6 nitrogen and oxygen atoms in total. The standard InChI is InChI=1S/C16H15N3O3S2/c1-10-17-13(9-23-10)7-14-18-19-16(22-14)24-8-11-4-3-5-12(6-11)15(20)21-2/h3-6,9H,7-8H2,1-2H3. The summed E-state index contributed by atoms with van der Waals surface area (Å²) < 4.78 is 10.4. The van der Waals surface area contributed by atoms with Gasteiger partial charge in [-0.05, 0) is 24.6 Å². The first kappa shape index (κ1) is 16.7. The molecular weight excluding hydrogens is 346 g/mol. The number of aromatic nitrogens is 3. The summed E-state index contributed by atoms with van der Waals surface area (Å²) in [4.78, 5) is 15.9. The number of benzene rings is 1. The van der Waals surface area contributed by atoms with Crippen LogP contribution in [0.15, 0.2) is 39.3 Å². The maximum atomic E-state index is 11.5. The molecule has 0 spiro atoms. The number of ether oxygens (including phenoxy) is 1. The van der Waals surface area contributed by atoms with Gasteiger partial charge >= 0.3 is 5.97 Å². The maximum Gasteiger partial charge on any atom is 0.337 e. The van der Waals surface area contributed by atoms with E-state index < -0.39 is 0 Å². The van der Waals surface area contributed by atoms with Crippen LogP contribution in [0.25, 0.3) is 0 Å². The molecule has 0 N–H and O–H groups in total. The van der Waals surface area contributed by atoms with Crippen molar-refractivity contribution in [1.29, 1.82) is 0 Å². The van der Waals surface area contributed by atoms with Gasteiger partial charge < -0.3 is 9.15 Å². The summed E-state index contributed by atoms with van der Waals surface area (Å²) in [5, 5.41) is 11.6. The predicted octanol–water partition coefficient (Wildman–Crippen LogP) is 3.50. The Morgan fingerprint density at radius 2 is 2.25 bits per heavy atom. The Hall–Kier alpha value is -2.19. The molecule has 0 unspecified atom stereocenters. The molecule has 0 radical (unpaired) electrons. The van der Waals surface area contributed by atoms with Crippen LogP contribution in [-0.2, 0) is 16.9 Å². The molecule has 0 fully saturated rings. The minimum atomic E-state index is -0.347. The van der Waals surface area contributed by atoms with Crippen molar-refractivity contribution < 1.29 is 13.9 Å². The normalized spacial score (nSPS) is 10.8. The average Bonchev–Trinajstić information content (AvgIpc) is 3.21. The highest BCUT2D eigenvalue weighted by atomic mass is 32.2. The molecule has 8 heteroatoms. The second kappa shape index (κ2) is 7.59. The number of hydrogen-bond donors (Lipinski definition) is 0. The molecule has 0 saturated carbocycles. The number of aryl methyl sites for hydroxylation is 1. The third-order valence-electron chi connectivity index (χ3n) is 3.16. The van der Waals surface area contributed by atoms with Crippen molar-refractivity contribution in [2.45, 2.75) is 24.3 Å². The number of nitrogens with zero attached hydrogens (tertiary/aromatic N) is 3. The summed E-state index contributed by atoms with van der Waals surface area (Å²) in [7, 11) is 1.37. The van der Waals surface area contributed by atoms with Gasteiger partial charge in [0.05, 0.1) is 29.8 Å². The van der Waals surface area contributed by atoms with E-state index in [0.29, 0.717) is 28.9 Å². The summed E-state index contributed by atoms with van der Waals surface area (Å²) >= 11 is 3.03. The topological polar surface area (TPSA) is 78.1 Å². The molecule has 3 aromatic rings. The van der Waals surface area contributed by atoms with Crippen molar-refractivity contribution in [3.05, 3.63) is 57.4 Å².